The number of ketones is 1. The lowest BCUT2D eigenvalue weighted by atomic mass is 9.90. The Morgan fingerprint density at radius 2 is 1.94 bits per heavy atom. The summed E-state index contributed by atoms with van der Waals surface area (Å²) in [5.74, 6) is 2.56. The Labute approximate surface area is 205 Å². The Morgan fingerprint density at radius 3 is 2.76 bits per heavy atom. The van der Waals surface area contributed by atoms with E-state index < -0.39 is 0 Å². The van der Waals surface area contributed by atoms with Gasteiger partial charge in [-0.1, -0.05) is 22.0 Å². The van der Waals surface area contributed by atoms with E-state index in [0.29, 0.717) is 32.2 Å². The van der Waals surface area contributed by atoms with Crippen LogP contribution in [0.4, 0.5) is 0 Å². The number of hydrogen-bond donors (Lipinski definition) is 0. The summed E-state index contributed by atoms with van der Waals surface area (Å²) in [7, 11) is 1.69. The van der Waals surface area contributed by atoms with E-state index in [-0.39, 0.29) is 5.78 Å². The molecule has 2 aromatic carbocycles. The first-order valence-electron chi connectivity index (χ1n) is 12.0. The number of fused-ring (bicyclic) bond motifs is 1. The van der Waals surface area contributed by atoms with E-state index in [1.165, 1.54) is 24.0 Å². The van der Waals surface area contributed by atoms with Crippen LogP contribution in [0.2, 0.25) is 0 Å². The molecule has 0 radical (unpaired) electrons. The quantitative estimate of drug-likeness (QED) is 0.422. The fourth-order valence-corrected chi connectivity index (χ4v) is 5.25. The maximum Gasteiger partial charge on any atom is 0.166 e. The maximum absolute atomic E-state index is 12.4. The van der Waals surface area contributed by atoms with Gasteiger partial charge in [-0.05, 0) is 92.6 Å². The molecule has 178 valence electrons. The predicted octanol–water partition coefficient (Wildman–Crippen LogP) is 5.33. The summed E-state index contributed by atoms with van der Waals surface area (Å²) >= 11 is 3.62. The first-order valence-corrected chi connectivity index (χ1v) is 12.8. The largest absolute Gasteiger partial charge is 0.493 e. The molecule has 0 unspecified atom stereocenters. The number of benzene rings is 2. The number of rotatable bonds is 9. The van der Waals surface area contributed by atoms with Crippen LogP contribution in [0.15, 0.2) is 40.9 Å². The lowest BCUT2D eigenvalue weighted by Crippen LogP contribution is -2.35. The van der Waals surface area contributed by atoms with Crippen molar-refractivity contribution in [1.82, 2.24) is 4.90 Å². The van der Waals surface area contributed by atoms with Gasteiger partial charge in [0.25, 0.3) is 0 Å². The monoisotopic (exact) mass is 515 g/mol. The van der Waals surface area contributed by atoms with Crippen molar-refractivity contribution in [3.05, 3.63) is 57.6 Å². The molecule has 0 saturated carbocycles. The molecule has 6 heteroatoms. The molecule has 0 aliphatic carbocycles. The molecule has 5 nitrogen and oxygen atoms in total. The second kappa shape index (κ2) is 12.0. The van der Waals surface area contributed by atoms with Gasteiger partial charge in [0.1, 0.15) is 18.1 Å². The van der Waals surface area contributed by atoms with Crippen LogP contribution in [0, 0.1) is 5.92 Å². The van der Waals surface area contributed by atoms with Gasteiger partial charge in [0.05, 0.1) is 18.8 Å². The zero-order valence-electron chi connectivity index (χ0n) is 19.5. The van der Waals surface area contributed by atoms with Gasteiger partial charge in [0.15, 0.2) is 5.78 Å². The van der Waals surface area contributed by atoms with Crippen LogP contribution >= 0.6 is 15.9 Å². The zero-order chi connectivity index (χ0) is 23.0. The van der Waals surface area contributed by atoms with Crippen LogP contribution in [-0.4, -0.2) is 57.2 Å². The first kappa shape index (κ1) is 24.2. The molecule has 0 N–H and O–H groups in total. The summed E-state index contributed by atoms with van der Waals surface area (Å²) in [6.07, 6.45) is 5.87. The highest BCUT2D eigenvalue weighted by atomic mass is 79.9. The third kappa shape index (κ3) is 7.05. The van der Waals surface area contributed by atoms with Gasteiger partial charge in [-0.15, -0.1) is 0 Å². The van der Waals surface area contributed by atoms with Gasteiger partial charge in [0, 0.05) is 24.5 Å². The number of carbonyl (C=O) groups is 1. The van der Waals surface area contributed by atoms with Gasteiger partial charge in [-0.2, -0.15) is 0 Å². The highest BCUT2D eigenvalue weighted by Gasteiger charge is 2.21. The summed E-state index contributed by atoms with van der Waals surface area (Å²) in [4.78, 5) is 14.9. The number of likely N-dealkylation sites (tertiary alicyclic amines) is 1. The van der Waals surface area contributed by atoms with Crippen LogP contribution in [0.1, 0.15) is 47.2 Å². The standard InChI is InChI=1S/C27H34BrNO4/c1-31-13-14-32-24-17-22(16-23(28)19-24)15-21-7-10-29(11-8-21)9-6-20-4-5-27-25(18-20)26(30)3-2-12-33-27/h4-5,16-19,21H,2-3,6-15H2,1H3. The molecule has 0 atom stereocenters. The number of Topliss-reactive ketones (excluding diaryl/α,β-unsaturated/α-hetero) is 1. The van der Waals surface area contributed by atoms with Crippen LogP contribution in [-0.2, 0) is 17.6 Å². The molecule has 2 heterocycles. The Hall–Kier alpha value is -1.89. The molecular weight excluding hydrogens is 482 g/mol. The van der Waals surface area contributed by atoms with Crippen molar-refractivity contribution in [2.75, 3.05) is 46.6 Å². The minimum absolute atomic E-state index is 0.213. The van der Waals surface area contributed by atoms with Crippen LogP contribution in [0.3, 0.4) is 0 Å². The number of methoxy groups -OCH3 is 1. The lowest BCUT2D eigenvalue weighted by molar-refractivity contribution is 0.0983. The third-order valence-electron chi connectivity index (χ3n) is 6.59. The van der Waals surface area contributed by atoms with Crippen molar-refractivity contribution in [2.24, 2.45) is 5.92 Å². The molecule has 0 spiro atoms. The van der Waals surface area contributed by atoms with Crippen molar-refractivity contribution in [2.45, 2.75) is 38.5 Å². The molecule has 2 aromatic rings. The summed E-state index contributed by atoms with van der Waals surface area (Å²) in [5, 5.41) is 0. The SMILES string of the molecule is COCCOc1cc(Br)cc(CC2CCN(CCc3ccc4c(c3)C(=O)CCCO4)CC2)c1. The molecule has 33 heavy (non-hydrogen) atoms. The fraction of sp³-hybridized carbons (Fsp3) is 0.519. The Bertz CT molecular complexity index is 940. The van der Waals surface area contributed by atoms with E-state index >= 15 is 0 Å². The summed E-state index contributed by atoms with van der Waals surface area (Å²) in [5.41, 5.74) is 3.32. The Kier molecular flexibility index (Phi) is 8.82. The van der Waals surface area contributed by atoms with Gasteiger partial charge < -0.3 is 19.1 Å². The normalized spacial score (nSPS) is 17.3. The first-order chi connectivity index (χ1) is 16.1. The predicted molar refractivity (Wildman–Crippen MR) is 134 cm³/mol. The molecule has 0 bridgehead atoms. The van der Waals surface area contributed by atoms with Crippen molar-refractivity contribution in [1.29, 1.82) is 0 Å². The van der Waals surface area contributed by atoms with E-state index in [0.717, 1.165) is 60.4 Å². The summed E-state index contributed by atoms with van der Waals surface area (Å²) in [6, 6.07) is 12.5. The highest BCUT2D eigenvalue weighted by molar-refractivity contribution is 9.10. The highest BCUT2D eigenvalue weighted by Crippen LogP contribution is 2.28. The van der Waals surface area contributed by atoms with Crippen LogP contribution < -0.4 is 9.47 Å². The summed E-state index contributed by atoms with van der Waals surface area (Å²) in [6.45, 7) is 5.09. The van der Waals surface area contributed by atoms with E-state index in [9.17, 15) is 4.79 Å². The fourth-order valence-electron chi connectivity index (χ4n) is 4.73. The zero-order valence-corrected chi connectivity index (χ0v) is 21.1. The number of piperidine rings is 1. The summed E-state index contributed by atoms with van der Waals surface area (Å²) < 4.78 is 17.7. The van der Waals surface area contributed by atoms with Crippen molar-refractivity contribution in [3.8, 4) is 11.5 Å². The average Bonchev–Trinajstić information content (AvgIpc) is 2.99. The molecule has 4 rings (SSSR count). The number of halogens is 1. The van der Waals surface area contributed by atoms with Crippen LogP contribution in [0.5, 0.6) is 11.5 Å². The second-order valence-electron chi connectivity index (χ2n) is 9.08. The van der Waals surface area contributed by atoms with Crippen molar-refractivity contribution < 1.29 is 19.0 Å². The van der Waals surface area contributed by atoms with E-state index in [1.54, 1.807) is 7.11 Å². The molecule has 2 aliphatic heterocycles. The minimum Gasteiger partial charge on any atom is -0.493 e. The molecule has 1 saturated heterocycles. The minimum atomic E-state index is 0.213. The molecule has 0 aromatic heterocycles. The third-order valence-corrected chi connectivity index (χ3v) is 7.04. The van der Waals surface area contributed by atoms with E-state index in [1.807, 2.05) is 12.1 Å². The number of hydrogen-bond acceptors (Lipinski definition) is 5. The average molecular weight is 516 g/mol. The molecular formula is C27H34BrNO4. The topological polar surface area (TPSA) is 48.0 Å². The van der Waals surface area contributed by atoms with E-state index in [2.05, 4.69) is 45.1 Å². The van der Waals surface area contributed by atoms with Crippen LogP contribution in [0.25, 0.3) is 0 Å². The van der Waals surface area contributed by atoms with Gasteiger partial charge in [-0.3, -0.25) is 4.79 Å². The molecule has 1 fully saturated rings. The van der Waals surface area contributed by atoms with E-state index in [4.69, 9.17) is 14.2 Å². The number of nitrogens with zero attached hydrogens (tertiary/aromatic N) is 1. The smallest absolute Gasteiger partial charge is 0.166 e. The lowest BCUT2D eigenvalue weighted by Gasteiger charge is -2.32. The Balaban J connectivity index is 1.25. The van der Waals surface area contributed by atoms with Crippen molar-refractivity contribution in [3.63, 3.8) is 0 Å². The number of ether oxygens (including phenoxy) is 3. The van der Waals surface area contributed by atoms with Gasteiger partial charge in [-0.25, -0.2) is 0 Å². The molecule has 0 amide bonds. The maximum atomic E-state index is 12.4. The number of carbonyl (C=O) groups excluding carboxylic acids is 1. The van der Waals surface area contributed by atoms with Gasteiger partial charge >= 0.3 is 0 Å². The Morgan fingerprint density at radius 1 is 1.09 bits per heavy atom. The second-order valence-corrected chi connectivity index (χ2v) is 10.00. The van der Waals surface area contributed by atoms with Gasteiger partial charge in [0.2, 0.25) is 0 Å². The molecule has 2 aliphatic rings. The van der Waals surface area contributed by atoms with Crippen molar-refractivity contribution >= 4 is 21.7 Å².